The SMILES string of the molecule is CC(C)NC12CN(CC=CCC[C@](C)(C(=O)C(C)C)NCC1=O)C2. The molecule has 0 radical (unpaired) electrons. The fourth-order valence-electron chi connectivity index (χ4n) is 3.84. The summed E-state index contributed by atoms with van der Waals surface area (Å²) < 4.78 is 0. The van der Waals surface area contributed by atoms with E-state index < -0.39 is 11.1 Å². The van der Waals surface area contributed by atoms with Crippen molar-refractivity contribution in [3.63, 3.8) is 0 Å². The Morgan fingerprint density at radius 2 is 1.92 bits per heavy atom. The molecular formula is C19H33N3O2. The highest BCUT2D eigenvalue weighted by molar-refractivity contribution is 5.94. The summed E-state index contributed by atoms with van der Waals surface area (Å²) in [5.41, 5.74) is -1.12. The predicted molar refractivity (Wildman–Crippen MR) is 97.1 cm³/mol. The van der Waals surface area contributed by atoms with Crippen LogP contribution in [0.15, 0.2) is 12.2 Å². The monoisotopic (exact) mass is 335 g/mol. The van der Waals surface area contributed by atoms with Crippen molar-refractivity contribution < 1.29 is 9.59 Å². The number of carbonyl (C=O) groups is 2. The van der Waals surface area contributed by atoms with Crippen LogP contribution in [0.1, 0.15) is 47.5 Å². The van der Waals surface area contributed by atoms with Crippen molar-refractivity contribution in [3.8, 4) is 0 Å². The molecule has 0 aromatic heterocycles. The molecule has 24 heavy (non-hydrogen) atoms. The smallest absolute Gasteiger partial charge is 0.169 e. The van der Waals surface area contributed by atoms with Crippen LogP contribution in [0.4, 0.5) is 0 Å². The van der Waals surface area contributed by atoms with Crippen LogP contribution in [0.25, 0.3) is 0 Å². The first-order chi connectivity index (χ1) is 11.2. The van der Waals surface area contributed by atoms with Gasteiger partial charge in [-0.05, 0) is 33.6 Å². The van der Waals surface area contributed by atoms with Gasteiger partial charge in [-0.1, -0.05) is 26.0 Å². The molecule has 0 aromatic carbocycles. The number of Topliss-reactive ketones (excluding diaryl/α,β-unsaturated/α-hetero) is 2. The van der Waals surface area contributed by atoms with E-state index in [1.807, 2.05) is 20.8 Å². The van der Waals surface area contributed by atoms with Crippen LogP contribution >= 0.6 is 0 Å². The molecule has 0 aromatic rings. The summed E-state index contributed by atoms with van der Waals surface area (Å²) in [5, 5.41) is 6.77. The van der Waals surface area contributed by atoms with Gasteiger partial charge in [-0.2, -0.15) is 0 Å². The summed E-state index contributed by atoms with van der Waals surface area (Å²) in [4.78, 5) is 27.9. The molecule has 3 rings (SSSR count). The van der Waals surface area contributed by atoms with E-state index >= 15 is 0 Å². The molecule has 1 atom stereocenters. The Kier molecular flexibility index (Phi) is 6.00. The molecule has 2 N–H and O–H groups in total. The van der Waals surface area contributed by atoms with Crippen LogP contribution in [0.5, 0.6) is 0 Å². The van der Waals surface area contributed by atoms with E-state index in [2.05, 4.69) is 41.5 Å². The second kappa shape index (κ2) is 7.46. The fraction of sp³-hybridized carbons (Fsp3) is 0.789. The standard InChI is InChI=1S/C19H33N3O2/c1-14(2)17(24)18(5)9-7-6-8-10-22-12-19(13-22,21-15(3)4)16(23)11-20-18/h6,8,14-15,20-21H,7,9-13H2,1-5H3/t18-/m1/s1. The molecular weight excluding hydrogens is 302 g/mol. The first-order valence-electron chi connectivity index (χ1n) is 9.16. The average molecular weight is 335 g/mol. The lowest BCUT2D eigenvalue weighted by Gasteiger charge is -2.50. The molecule has 0 aliphatic carbocycles. The highest BCUT2D eigenvalue weighted by Crippen LogP contribution is 2.25. The normalized spacial score (nSPS) is 34.6. The van der Waals surface area contributed by atoms with E-state index in [9.17, 15) is 9.59 Å². The third-order valence-corrected chi connectivity index (χ3v) is 5.13. The van der Waals surface area contributed by atoms with Crippen molar-refractivity contribution in [2.24, 2.45) is 5.92 Å². The van der Waals surface area contributed by atoms with Crippen molar-refractivity contribution in [2.45, 2.75) is 64.6 Å². The molecule has 2 bridgehead atoms. The fourth-order valence-corrected chi connectivity index (χ4v) is 3.84. The molecule has 0 unspecified atom stereocenters. The Hall–Kier alpha value is -1.04. The highest BCUT2D eigenvalue weighted by Gasteiger charge is 2.49. The summed E-state index contributed by atoms with van der Waals surface area (Å²) in [7, 11) is 0. The Morgan fingerprint density at radius 1 is 1.25 bits per heavy atom. The number of nitrogens with zero attached hydrogens (tertiary/aromatic N) is 1. The number of rotatable bonds is 4. The summed E-state index contributed by atoms with van der Waals surface area (Å²) in [6, 6.07) is 0.253. The molecule has 3 aliphatic rings. The maximum Gasteiger partial charge on any atom is 0.169 e. The number of hydrogen-bond acceptors (Lipinski definition) is 5. The second-order valence-electron chi connectivity index (χ2n) is 8.19. The van der Waals surface area contributed by atoms with Gasteiger partial charge in [0.1, 0.15) is 5.54 Å². The van der Waals surface area contributed by atoms with Gasteiger partial charge >= 0.3 is 0 Å². The first kappa shape index (κ1) is 19.3. The summed E-state index contributed by atoms with van der Waals surface area (Å²) in [5.74, 6) is 0.304. The summed E-state index contributed by atoms with van der Waals surface area (Å²) in [6.45, 7) is 12.5. The lowest BCUT2D eigenvalue weighted by molar-refractivity contribution is -0.133. The zero-order chi connectivity index (χ0) is 18.0. The molecule has 1 fully saturated rings. The number of ketones is 2. The third-order valence-electron chi connectivity index (χ3n) is 5.13. The lowest BCUT2D eigenvalue weighted by Crippen LogP contribution is -2.75. The minimum atomic E-state index is -0.643. The molecule has 0 spiro atoms. The zero-order valence-corrected chi connectivity index (χ0v) is 15.8. The number of allylic oxidation sites excluding steroid dienone is 1. The van der Waals surface area contributed by atoms with E-state index in [1.54, 1.807) is 0 Å². The molecule has 0 saturated carbocycles. The van der Waals surface area contributed by atoms with E-state index in [1.165, 1.54) is 0 Å². The Balaban J connectivity index is 2.19. The molecule has 5 heteroatoms. The summed E-state index contributed by atoms with van der Waals surface area (Å²) in [6.07, 6.45) is 5.89. The Morgan fingerprint density at radius 3 is 2.50 bits per heavy atom. The van der Waals surface area contributed by atoms with Gasteiger partial charge in [0.05, 0.1) is 12.1 Å². The van der Waals surface area contributed by atoms with Crippen LogP contribution in [0.3, 0.4) is 0 Å². The Bertz CT molecular complexity index is 507. The first-order valence-corrected chi connectivity index (χ1v) is 9.16. The van der Waals surface area contributed by atoms with Crippen molar-refractivity contribution in [1.82, 2.24) is 15.5 Å². The Labute approximate surface area is 146 Å². The molecule has 3 aliphatic heterocycles. The van der Waals surface area contributed by atoms with Gasteiger partial charge in [-0.3, -0.25) is 19.8 Å². The van der Waals surface area contributed by atoms with Crippen LogP contribution < -0.4 is 10.6 Å². The lowest BCUT2D eigenvalue weighted by atomic mass is 9.81. The number of hydrogen-bond donors (Lipinski definition) is 2. The molecule has 5 nitrogen and oxygen atoms in total. The van der Waals surface area contributed by atoms with Gasteiger partial charge in [0.25, 0.3) is 0 Å². The van der Waals surface area contributed by atoms with E-state index in [0.717, 1.165) is 32.5 Å². The minimum absolute atomic E-state index is 0.0450. The van der Waals surface area contributed by atoms with Crippen LogP contribution in [-0.4, -0.2) is 59.8 Å². The molecule has 136 valence electrons. The van der Waals surface area contributed by atoms with Crippen molar-refractivity contribution in [1.29, 1.82) is 0 Å². The minimum Gasteiger partial charge on any atom is -0.301 e. The van der Waals surface area contributed by atoms with Gasteiger partial charge in [-0.25, -0.2) is 0 Å². The topological polar surface area (TPSA) is 61.4 Å². The maximum atomic E-state index is 12.9. The van der Waals surface area contributed by atoms with Gasteiger partial charge in [0.15, 0.2) is 11.6 Å². The van der Waals surface area contributed by atoms with E-state index in [4.69, 9.17) is 0 Å². The zero-order valence-electron chi connectivity index (χ0n) is 15.8. The van der Waals surface area contributed by atoms with Crippen molar-refractivity contribution in [3.05, 3.63) is 12.2 Å². The quantitative estimate of drug-likeness (QED) is 0.763. The summed E-state index contributed by atoms with van der Waals surface area (Å²) >= 11 is 0. The van der Waals surface area contributed by atoms with Gasteiger partial charge < -0.3 is 5.32 Å². The maximum absolute atomic E-state index is 12.9. The van der Waals surface area contributed by atoms with Gasteiger partial charge in [0.2, 0.25) is 0 Å². The van der Waals surface area contributed by atoms with Crippen molar-refractivity contribution in [2.75, 3.05) is 26.2 Å². The van der Waals surface area contributed by atoms with E-state index in [0.29, 0.717) is 0 Å². The number of nitrogens with one attached hydrogen (secondary N) is 2. The molecule has 3 heterocycles. The number of fused-ring (bicyclic) bond motifs is 7. The largest absolute Gasteiger partial charge is 0.301 e. The molecule has 1 saturated heterocycles. The van der Waals surface area contributed by atoms with Crippen LogP contribution in [-0.2, 0) is 9.59 Å². The van der Waals surface area contributed by atoms with Crippen molar-refractivity contribution >= 4 is 11.6 Å². The van der Waals surface area contributed by atoms with E-state index in [-0.39, 0.29) is 30.1 Å². The van der Waals surface area contributed by atoms with Crippen LogP contribution in [0.2, 0.25) is 0 Å². The number of carbonyl (C=O) groups excluding carboxylic acids is 2. The highest BCUT2D eigenvalue weighted by atomic mass is 16.1. The predicted octanol–water partition coefficient (Wildman–Crippen LogP) is 1.53. The van der Waals surface area contributed by atoms with Crippen LogP contribution in [0, 0.1) is 5.92 Å². The third kappa shape index (κ3) is 4.13. The average Bonchev–Trinajstić information content (AvgIpc) is 2.46. The van der Waals surface area contributed by atoms with Gasteiger partial charge in [0, 0.05) is 31.6 Å². The second-order valence-corrected chi connectivity index (χ2v) is 8.19. The van der Waals surface area contributed by atoms with Gasteiger partial charge in [-0.15, -0.1) is 0 Å². The molecule has 0 amide bonds.